The summed E-state index contributed by atoms with van der Waals surface area (Å²) < 4.78 is 16.3. The molecule has 0 radical (unpaired) electrons. The number of carbonyl (C=O) groups is 1. The van der Waals surface area contributed by atoms with Crippen molar-refractivity contribution in [2.24, 2.45) is 7.05 Å². The molecule has 0 fully saturated rings. The van der Waals surface area contributed by atoms with Gasteiger partial charge in [-0.2, -0.15) is 0 Å². The molecule has 0 aliphatic heterocycles. The molecule has 0 saturated heterocycles. The van der Waals surface area contributed by atoms with Crippen LogP contribution in [-0.4, -0.2) is 37.2 Å². The first-order valence-corrected chi connectivity index (χ1v) is 9.56. The SMILES string of the molecule is CNC(=O)c1c(O)c2ncc(Cc3ccc(F)cc3)cc2n(Cc2nccn2C)c1=O. The first-order chi connectivity index (χ1) is 14.9. The molecule has 158 valence electrons. The Labute approximate surface area is 176 Å². The molecule has 4 aromatic rings. The number of aromatic nitrogens is 4. The fourth-order valence-corrected chi connectivity index (χ4v) is 3.46. The molecule has 0 saturated carbocycles. The number of amides is 1. The molecule has 0 aliphatic rings. The van der Waals surface area contributed by atoms with E-state index in [0.29, 0.717) is 17.8 Å². The molecule has 31 heavy (non-hydrogen) atoms. The van der Waals surface area contributed by atoms with Crippen LogP contribution in [0.2, 0.25) is 0 Å². The van der Waals surface area contributed by atoms with Gasteiger partial charge in [0.15, 0.2) is 5.75 Å². The summed E-state index contributed by atoms with van der Waals surface area (Å²) in [6, 6.07) is 7.84. The molecular formula is C22H20FN5O3. The number of nitrogens with one attached hydrogen (secondary N) is 1. The van der Waals surface area contributed by atoms with Gasteiger partial charge in [0.05, 0.1) is 12.1 Å². The van der Waals surface area contributed by atoms with E-state index in [9.17, 15) is 19.1 Å². The number of benzene rings is 1. The highest BCUT2D eigenvalue weighted by Crippen LogP contribution is 2.26. The van der Waals surface area contributed by atoms with Crippen molar-refractivity contribution in [3.05, 3.63) is 87.6 Å². The van der Waals surface area contributed by atoms with Crippen molar-refractivity contribution in [2.75, 3.05) is 7.05 Å². The molecule has 3 heterocycles. The molecule has 8 nitrogen and oxygen atoms in total. The van der Waals surface area contributed by atoms with Crippen LogP contribution in [0.25, 0.3) is 11.0 Å². The summed E-state index contributed by atoms with van der Waals surface area (Å²) in [7, 11) is 3.18. The van der Waals surface area contributed by atoms with Gasteiger partial charge in [-0.1, -0.05) is 12.1 Å². The van der Waals surface area contributed by atoms with E-state index in [1.165, 1.54) is 23.7 Å². The number of halogens is 1. The van der Waals surface area contributed by atoms with E-state index in [2.05, 4.69) is 15.3 Å². The average Bonchev–Trinajstić information content (AvgIpc) is 3.17. The summed E-state index contributed by atoms with van der Waals surface area (Å²) in [6.45, 7) is 0.0881. The number of aryl methyl sites for hydroxylation is 1. The van der Waals surface area contributed by atoms with E-state index < -0.39 is 17.2 Å². The number of imidazole rings is 1. The fourth-order valence-electron chi connectivity index (χ4n) is 3.46. The molecule has 1 aromatic carbocycles. The van der Waals surface area contributed by atoms with E-state index in [1.807, 2.05) is 0 Å². The lowest BCUT2D eigenvalue weighted by molar-refractivity contribution is 0.0958. The highest BCUT2D eigenvalue weighted by atomic mass is 19.1. The molecule has 2 N–H and O–H groups in total. The van der Waals surface area contributed by atoms with Crippen molar-refractivity contribution >= 4 is 16.9 Å². The van der Waals surface area contributed by atoms with E-state index in [4.69, 9.17) is 0 Å². The largest absolute Gasteiger partial charge is 0.505 e. The molecule has 0 aliphatic carbocycles. The third-order valence-corrected chi connectivity index (χ3v) is 5.13. The predicted molar refractivity (Wildman–Crippen MR) is 113 cm³/mol. The molecule has 0 bridgehead atoms. The number of rotatable bonds is 5. The maximum Gasteiger partial charge on any atom is 0.268 e. The van der Waals surface area contributed by atoms with Crippen molar-refractivity contribution in [1.29, 1.82) is 0 Å². The lowest BCUT2D eigenvalue weighted by Gasteiger charge is -2.15. The lowest BCUT2D eigenvalue weighted by Crippen LogP contribution is -2.32. The Morgan fingerprint density at radius 1 is 1.19 bits per heavy atom. The summed E-state index contributed by atoms with van der Waals surface area (Å²) in [5.74, 6) is -0.893. The van der Waals surface area contributed by atoms with E-state index >= 15 is 0 Å². The van der Waals surface area contributed by atoms with Crippen LogP contribution in [0, 0.1) is 5.82 Å². The van der Waals surface area contributed by atoms with Crippen LogP contribution in [0.3, 0.4) is 0 Å². The quantitative estimate of drug-likeness (QED) is 0.513. The third kappa shape index (κ3) is 3.77. The minimum Gasteiger partial charge on any atom is -0.505 e. The fraction of sp³-hybridized carbons (Fsp3) is 0.182. The zero-order valence-electron chi connectivity index (χ0n) is 17.0. The zero-order valence-corrected chi connectivity index (χ0v) is 17.0. The Morgan fingerprint density at radius 2 is 1.94 bits per heavy atom. The number of carbonyl (C=O) groups excluding carboxylic acids is 1. The van der Waals surface area contributed by atoms with Crippen molar-refractivity contribution in [3.8, 4) is 5.75 Å². The number of aromatic hydroxyl groups is 1. The van der Waals surface area contributed by atoms with Crippen LogP contribution in [0.15, 0.2) is 53.7 Å². The van der Waals surface area contributed by atoms with Gasteiger partial charge in [-0.25, -0.2) is 9.37 Å². The summed E-state index contributed by atoms with van der Waals surface area (Å²) in [6.07, 6.45) is 5.38. The van der Waals surface area contributed by atoms with Crippen LogP contribution in [0.5, 0.6) is 5.75 Å². The standard InChI is InChI=1S/C22H20FN5O3/c1-24-21(30)18-20(29)19-16(28(22(18)31)12-17-25-7-8-27(17)2)10-14(11-26-19)9-13-3-5-15(23)6-4-13/h3-8,10-11,29H,9,12H2,1-2H3,(H,24,30). The maximum absolute atomic E-state index is 13.2. The predicted octanol–water partition coefficient (Wildman–Crippen LogP) is 1.97. The van der Waals surface area contributed by atoms with Crippen molar-refractivity contribution in [2.45, 2.75) is 13.0 Å². The van der Waals surface area contributed by atoms with Gasteiger partial charge in [-0.05, 0) is 35.7 Å². The number of hydrogen-bond acceptors (Lipinski definition) is 5. The van der Waals surface area contributed by atoms with Gasteiger partial charge in [0.2, 0.25) is 0 Å². The van der Waals surface area contributed by atoms with Gasteiger partial charge in [0.1, 0.15) is 22.7 Å². The van der Waals surface area contributed by atoms with Gasteiger partial charge in [-0.3, -0.25) is 19.1 Å². The maximum atomic E-state index is 13.2. The average molecular weight is 421 g/mol. The van der Waals surface area contributed by atoms with Crippen LogP contribution < -0.4 is 10.9 Å². The second-order valence-electron chi connectivity index (χ2n) is 7.16. The van der Waals surface area contributed by atoms with Crippen LogP contribution >= 0.6 is 0 Å². The second-order valence-corrected chi connectivity index (χ2v) is 7.16. The van der Waals surface area contributed by atoms with Gasteiger partial charge in [0, 0.05) is 32.7 Å². The second kappa shape index (κ2) is 8.02. The topological polar surface area (TPSA) is 102 Å². The first-order valence-electron chi connectivity index (χ1n) is 9.56. The molecule has 3 aromatic heterocycles. The molecular weight excluding hydrogens is 401 g/mol. The Morgan fingerprint density at radius 3 is 2.58 bits per heavy atom. The Balaban J connectivity index is 1.90. The van der Waals surface area contributed by atoms with Crippen LogP contribution in [-0.2, 0) is 20.0 Å². The molecule has 0 spiro atoms. The zero-order chi connectivity index (χ0) is 22.1. The molecule has 9 heteroatoms. The monoisotopic (exact) mass is 421 g/mol. The summed E-state index contributed by atoms with van der Waals surface area (Å²) in [4.78, 5) is 34.1. The van der Waals surface area contributed by atoms with Gasteiger partial charge in [-0.15, -0.1) is 0 Å². The van der Waals surface area contributed by atoms with Crippen molar-refractivity contribution in [1.82, 2.24) is 24.4 Å². The molecule has 0 atom stereocenters. The molecule has 0 unspecified atom stereocenters. The third-order valence-electron chi connectivity index (χ3n) is 5.13. The minimum absolute atomic E-state index is 0.0881. The Kier molecular flexibility index (Phi) is 5.24. The smallest absolute Gasteiger partial charge is 0.268 e. The van der Waals surface area contributed by atoms with Gasteiger partial charge >= 0.3 is 0 Å². The summed E-state index contributed by atoms with van der Waals surface area (Å²) in [5, 5.41) is 13.0. The molecule has 1 amide bonds. The van der Waals surface area contributed by atoms with Crippen LogP contribution in [0.4, 0.5) is 4.39 Å². The van der Waals surface area contributed by atoms with E-state index in [-0.39, 0.29) is 23.4 Å². The highest BCUT2D eigenvalue weighted by molar-refractivity contribution is 6.01. The number of fused-ring (bicyclic) bond motifs is 1. The highest BCUT2D eigenvalue weighted by Gasteiger charge is 2.23. The normalized spacial score (nSPS) is 11.1. The van der Waals surface area contributed by atoms with E-state index in [1.54, 1.807) is 48.4 Å². The Bertz CT molecular complexity index is 1340. The van der Waals surface area contributed by atoms with Gasteiger partial charge in [0.25, 0.3) is 11.5 Å². The number of nitrogens with zero attached hydrogens (tertiary/aromatic N) is 4. The lowest BCUT2D eigenvalue weighted by atomic mass is 10.1. The number of pyridine rings is 2. The summed E-state index contributed by atoms with van der Waals surface area (Å²) >= 11 is 0. The van der Waals surface area contributed by atoms with Crippen molar-refractivity contribution < 1.29 is 14.3 Å². The van der Waals surface area contributed by atoms with E-state index in [0.717, 1.165) is 11.1 Å². The summed E-state index contributed by atoms with van der Waals surface area (Å²) in [5.41, 5.74) is 1.12. The van der Waals surface area contributed by atoms with Crippen LogP contribution in [0.1, 0.15) is 27.3 Å². The number of hydrogen-bond donors (Lipinski definition) is 2. The first kappa shape index (κ1) is 20.3. The minimum atomic E-state index is -0.699. The Hall–Kier alpha value is -4.01. The van der Waals surface area contributed by atoms with Gasteiger partial charge < -0.3 is 15.0 Å². The molecule has 4 rings (SSSR count). The van der Waals surface area contributed by atoms with Crippen molar-refractivity contribution in [3.63, 3.8) is 0 Å².